The van der Waals surface area contributed by atoms with Crippen molar-refractivity contribution in [1.82, 2.24) is 0 Å². The largest absolute Gasteiger partial charge is 0.467 e. The molecule has 1 aromatic carbocycles. The summed E-state index contributed by atoms with van der Waals surface area (Å²) in [7, 11) is 0. The number of furan rings is 1. The van der Waals surface area contributed by atoms with Gasteiger partial charge in [0.2, 0.25) is 0 Å². The predicted octanol–water partition coefficient (Wildman–Crippen LogP) is 4.80. The average Bonchev–Trinajstić information content (AvgIpc) is 2.84. The maximum absolute atomic E-state index is 6.00. The zero-order valence-corrected chi connectivity index (χ0v) is 10.8. The summed E-state index contributed by atoms with van der Waals surface area (Å²) < 4.78 is 5.43. The maximum atomic E-state index is 6.00. The second kappa shape index (κ2) is 5.28. The third-order valence-electron chi connectivity index (χ3n) is 2.82. The molecule has 0 aliphatic carbocycles. The van der Waals surface area contributed by atoms with E-state index in [0.29, 0.717) is 0 Å². The molecule has 0 amide bonds. The Balaban J connectivity index is 2.21. The van der Waals surface area contributed by atoms with Gasteiger partial charge in [0.25, 0.3) is 0 Å². The van der Waals surface area contributed by atoms with Crippen molar-refractivity contribution in [1.29, 1.82) is 0 Å². The lowest BCUT2D eigenvalue weighted by Crippen LogP contribution is -2.09. The highest BCUT2D eigenvalue weighted by Gasteiger charge is 2.12. The molecule has 2 nitrogen and oxygen atoms in total. The van der Waals surface area contributed by atoms with E-state index in [4.69, 9.17) is 16.0 Å². The second-order valence-electron chi connectivity index (χ2n) is 4.08. The molecule has 1 N–H and O–H groups in total. The highest BCUT2D eigenvalue weighted by Crippen LogP contribution is 2.27. The molecule has 3 heteroatoms. The van der Waals surface area contributed by atoms with Crippen LogP contribution in [0.25, 0.3) is 0 Å². The van der Waals surface area contributed by atoms with Crippen LogP contribution >= 0.6 is 11.6 Å². The first-order chi connectivity index (χ1) is 8.20. The normalized spacial score (nSPS) is 12.4. The lowest BCUT2D eigenvalue weighted by molar-refractivity contribution is 0.474. The molecule has 90 valence electrons. The van der Waals surface area contributed by atoms with Crippen LogP contribution in [0.2, 0.25) is 5.02 Å². The fraction of sp³-hybridized carbons (Fsp3) is 0.286. The molecule has 0 radical (unpaired) electrons. The van der Waals surface area contributed by atoms with Crippen LogP contribution in [0, 0.1) is 6.92 Å². The predicted molar refractivity (Wildman–Crippen MR) is 71.6 cm³/mol. The van der Waals surface area contributed by atoms with Gasteiger partial charge in [0.1, 0.15) is 5.76 Å². The number of anilines is 1. The summed E-state index contributed by atoms with van der Waals surface area (Å²) in [4.78, 5) is 0. The zero-order valence-electron chi connectivity index (χ0n) is 10.0. The summed E-state index contributed by atoms with van der Waals surface area (Å²) in [5, 5.41) is 4.20. The molecule has 0 spiro atoms. The van der Waals surface area contributed by atoms with Crippen LogP contribution in [0.3, 0.4) is 0 Å². The Morgan fingerprint density at radius 2 is 2.18 bits per heavy atom. The lowest BCUT2D eigenvalue weighted by atomic mass is 10.1. The number of rotatable bonds is 4. The lowest BCUT2D eigenvalue weighted by Gasteiger charge is -2.17. The molecular weight excluding hydrogens is 234 g/mol. The first-order valence-electron chi connectivity index (χ1n) is 5.76. The molecule has 0 saturated carbocycles. The number of hydrogen-bond donors (Lipinski definition) is 1. The van der Waals surface area contributed by atoms with Gasteiger partial charge in [0, 0.05) is 10.7 Å². The SMILES string of the molecule is CCC(Nc1cc(Cl)ccc1C)c1ccco1. The molecule has 1 aromatic heterocycles. The standard InChI is InChI=1S/C14H16ClNO/c1-3-12(14-5-4-8-17-14)16-13-9-11(15)7-6-10(13)2/h4-9,12,16H,3H2,1-2H3. The number of hydrogen-bond acceptors (Lipinski definition) is 2. The minimum atomic E-state index is 0.183. The van der Waals surface area contributed by atoms with Crippen molar-refractivity contribution in [2.75, 3.05) is 5.32 Å². The highest BCUT2D eigenvalue weighted by molar-refractivity contribution is 6.30. The van der Waals surface area contributed by atoms with Gasteiger partial charge in [-0.05, 0) is 43.2 Å². The van der Waals surface area contributed by atoms with Gasteiger partial charge in [-0.1, -0.05) is 24.6 Å². The van der Waals surface area contributed by atoms with Crippen LogP contribution in [0.4, 0.5) is 5.69 Å². The Morgan fingerprint density at radius 3 is 2.82 bits per heavy atom. The topological polar surface area (TPSA) is 25.2 Å². The maximum Gasteiger partial charge on any atom is 0.125 e. The Kier molecular flexibility index (Phi) is 3.75. The first kappa shape index (κ1) is 12.1. The van der Waals surface area contributed by atoms with Gasteiger partial charge >= 0.3 is 0 Å². The highest BCUT2D eigenvalue weighted by atomic mass is 35.5. The van der Waals surface area contributed by atoms with Gasteiger partial charge < -0.3 is 9.73 Å². The van der Waals surface area contributed by atoms with Crippen molar-refractivity contribution in [3.8, 4) is 0 Å². The summed E-state index contributed by atoms with van der Waals surface area (Å²) in [5.41, 5.74) is 2.24. The minimum absolute atomic E-state index is 0.183. The van der Waals surface area contributed by atoms with E-state index in [0.717, 1.165) is 22.9 Å². The van der Waals surface area contributed by atoms with E-state index in [1.165, 1.54) is 5.56 Å². The Bertz CT molecular complexity index is 479. The number of aryl methyl sites for hydroxylation is 1. The summed E-state index contributed by atoms with van der Waals surface area (Å²) in [5.74, 6) is 0.951. The quantitative estimate of drug-likeness (QED) is 0.842. The monoisotopic (exact) mass is 249 g/mol. The second-order valence-corrected chi connectivity index (χ2v) is 4.52. The van der Waals surface area contributed by atoms with Crippen molar-refractivity contribution in [2.24, 2.45) is 0 Å². The van der Waals surface area contributed by atoms with Crippen molar-refractivity contribution < 1.29 is 4.42 Å². The van der Waals surface area contributed by atoms with Gasteiger partial charge in [-0.15, -0.1) is 0 Å². The van der Waals surface area contributed by atoms with E-state index in [9.17, 15) is 0 Å². The molecule has 2 aromatic rings. The van der Waals surface area contributed by atoms with E-state index in [1.54, 1.807) is 6.26 Å². The van der Waals surface area contributed by atoms with Crippen LogP contribution in [-0.2, 0) is 0 Å². The summed E-state index contributed by atoms with van der Waals surface area (Å²) >= 11 is 6.00. The molecule has 2 rings (SSSR count). The number of nitrogens with one attached hydrogen (secondary N) is 1. The molecule has 0 aliphatic rings. The summed E-state index contributed by atoms with van der Waals surface area (Å²) in [6, 6.07) is 9.94. The molecule has 0 bridgehead atoms. The van der Waals surface area contributed by atoms with Crippen molar-refractivity contribution in [3.05, 3.63) is 52.9 Å². The van der Waals surface area contributed by atoms with Crippen molar-refractivity contribution in [3.63, 3.8) is 0 Å². The van der Waals surface area contributed by atoms with Gasteiger partial charge in [0.05, 0.1) is 12.3 Å². The zero-order chi connectivity index (χ0) is 12.3. The van der Waals surface area contributed by atoms with Crippen LogP contribution in [-0.4, -0.2) is 0 Å². The van der Waals surface area contributed by atoms with Gasteiger partial charge in [0.15, 0.2) is 0 Å². The van der Waals surface area contributed by atoms with Crippen molar-refractivity contribution >= 4 is 17.3 Å². The first-order valence-corrected chi connectivity index (χ1v) is 6.14. The van der Waals surface area contributed by atoms with Gasteiger partial charge in [-0.25, -0.2) is 0 Å². The van der Waals surface area contributed by atoms with Gasteiger partial charge in [-0.2, -0.15) is 0 Å². The third-order valence-corrected chi connectivity index (χ3v) is 3.06. The van der Waals surface area contributed by atoms with Gasteiger partial charge in [-0.3, -0.25) is 0 Å². The van der Waals surface area contributed by atoms with Crippen LogP contribution in [0.1, 0.15) is 30.7 Å². The Hall–Kier alpha value is -1.41. The average molecular weight is 250 g/mol. The Morgan fingerprint density at radius 1 is 1.35 bits per heavy atom. The van der Waals surface area contributed by atoms with Crippen LogP contribution < -0.4 is 5.32 Å². The summed E-state index contributed by atoms with van der Waals surface area (Å²) in [6.07, 6.45) is 2.66. The molecule has 1 unspecified atom stereocenters. The number of benzene rings is 1. The van der Waals surface area contributed by atoms with E-state index < -0.39 is 0 Å². The molecule has 0 aliphatic heterocycles. The molecule has 0 saturated heterocycles. The smallest absolute Gasteiger partial charge is 0.125 e. The molecule has 1 atom stereocenters. The molecule has 0 fully saturated rings. The van der Waals surface area contributed by atoms with E-state index in [-0.39, 0.29) is 6.04 Å². The van der Waals surface area contributed by atoms with Crippen LogP contribution in [0.15, 0.2) is 41.0 Å². The number of halogens is 1. The van der Waals surface area contributed by atoms with E-state index in [1.807, 2.05) is 30.3 Å². The Labute approximate surface area is 107 Å². The fourth-order valence-corrected chi connectivity index (χ4v) is 1.97. The minimum Gasteiger partial charge on any atom is -0.467 e. The van der Waals surface area contributed by atoms with E-state index >= 15 is 0 Å². The molecule has 17 heavy (non-hydrogen) atoms. The fourth-order valence-electron chi connectivity index (χ4n) is 1.80. The molecular formula is C14H16ClNO. The summed E-state index contributed by atoms with van der Waals surface area (Å²) in [6.45, 7) is 4.19. The van der Waals surface area contributed by atoms with E-state index in [2.05, 4.69) is 19.2 Å². The molecule has 1 heterocycles. The van der Waals surface area contributed by atoms with Crippen LogP contribution in [0.5, 0.6) is 0 Å². The van der Waals surface area contributed by atoms with Crippen molar-refractivity contribution in [2.45, 2.75) is 26.3 Å². The third kappa shape index (κ3) is 2.83.